The van der Waals surface area contributed by atoms with Crippen molar-refractivity contribution in [3.05, 3.63) is 54.1 Å². The van der Waals surface area contributed by atoms with E-state index in [0.717, 1.165) is 28.4 Å². The van der Waals surface area contributed by atoms with Crippen LogP contribution in [0.4, 0.5) is 18.9 Å². The van der Waals surface area contributed by atoms with E-state index in [4.69, 9.17) is 0 Å². The molecule has 0 bridgehead atoms. The Balaban J connectivity index is 2.34. The van der Waals surface area contributed by atoms with E-state index in [0.29, 0.717) is 5.56 Å². The first kappa shape index (κ1) is 19.4. The van der Waals surface area contributed by atoms with Crippen molar-refractivity contribution in [2.75, 3.05) is 11.7 Å². The maximum atomic E-state index is 12.7. The monoisotopic (exact) mass is 366 g/mol. The number of alkyl halides is 3. The summed E-state index contributed by atoms with van der Waals surface area (Å²) in [5.74, 6) is 0. The Hall–Kier alpha value is -1.95. The quantitative estimate of drug-likeness (QED) is 0.380. The highest BCUT2D eigenvalue weighted by molar-refractivity contribution is 8.13. The van der Waals surface area contributed by atoms with Gasteiger partial charge in [0.05, 0.1) is 16.3 Å². The lowest BCUT2D eigenvalue weighted by Crippen LogP contribution is -2.18. The topological polar surface area (TPSA) is 24.4 Å². The van der Waals surface area contributed by atoms with Crippen molar-refractivity contribution in [3.8, 4) is 11.1 Å². The van der Waals surface area contributed by atoms with Gasteiger partial charge in [-0.05, 0) is 30.0 Å². The molecule has 2 nitrogen and oxygen atoms in total. The number of nitrogens with one attached hydrogen (secondary N) is 1. The molecule has 0 saturated heterocycles. The fourth-order valence-electron chi connectivity index (χ4n) is 2.30. The highest BCUT2D eigenvalue weighted by atomic mass is 32.2. The molecule has 0 fully saturated rings. The summed E-state index contributed by atoms with van der Waals surface area (Å²) in [6, 6.07) is 12.6. The average Bonchev–Trinajstić information content (AvgIpc) is 2.54. The van der Waals surface area contributed by atoms with Crippen molar-refractivity contribution in [2.45, 2.75) is 26.9 Å². The van der Waals surface area contributed by atoms with E-state index in [2.05, 4.69) is 31.3 Å². The fraction of sp³-hybridized carbons (Fsp3) is 0.316. The molecule has 0 unspecified atom stereocenters. The van der Waals surface area contributed by atoms with Gasteiger partial charge in [-0.3, -0.25) is 5.43 Å². The molecule has 0 aliphatic rings. The Morgan fingerprint density at radius 3 is 2.08 bits per heavy atom. The van der Waals surface area contributed by atoms with E-state index < -0.39 is 11.7 Å². The summed E-state index contributed by atoms with van der Waals surface area (Å²) in [5.41, 5.74) is 4.57. The number of benzene rings is 2. The number of para-hydroxylation sites is 1. The van der Waals surface area contributed by atoms with Crippen LogP contribution in [-0.4, -0.2) is 11.3 Å². The largest absolute Gasteiger partial charge is 0.416 e. The Kier molecular flexibility index (Phi) is 5.83. The van der Waals surface area contributed by atoms with Gasteiger partial charge in [0, 0.05) is 11.0 Å². The second kappa shape index (κ2) is 7.52. The highest BCUT2D eigenvalue weighted by Gasteiger charge is 2.30. The number of thioether (sulfide) groups is 1. The standard InChI is InChI=1S/C19H21F3N2S/c1-18(2,3)17(25-4)24-23-16-8-6-5-7-15(16)13-9-11-14(12-10-13)19(20,21)22/h5-12,23H,1-4H3/b24-17+. The van der Waals surface area contributed by atoms with E-state index in [-0.39, 0.29) is 5.41 Å². The zero-order valence-corrected chi connectivity index (χ0v) is 15.4. The van der Waals surface area contributed by atoms with Crippen LogP contribution in [0.5, 0.6) is 0 Å². The van der Waals surface area contributed by atoms with Gasteiger partial charge in [-0.15, -0.1) is 11.8 Å². The van der Waals surface area contributed by atoms with Crippen LogP contribution in [0.1, 0.15) is 26.3 Å². The van der Waals surface area contributed by atoms with Crippen molar-refractivity contribution in [3.63, 3.8) is 0 Å². The van der Waals surface area contributed by atoms with Gasteiger partial charge < -0.3 is 0 Å². The third-order valence-corrected chi connectivity index (χ3v) is 4.65. The molecule has 0 atom stereocenters. The number of nitrogens with zero attached hydrogens (tertiary/aromatic N) is 1. The molecule has 134 valence electrons. The predicted molar refractivity (Wildman–Crippen MR) is 101 cm³/mol. The minimum absolute atomic E-state index is 0.0876. The summed E-state index contributed by atoms with van der Waals surface area (Å²) in [5, 5.41) is 5.42. The highest BCUT2D eigenvalue weighted by Crippen LogP contribution is 2.33. The maximum absolute atomic E-state index is 12.7. The first-order chi connectivity index (χ1) is 11.6. The van der Waals surface area contributed by atoms with Crippen LogP contribution in [-0.2, 0) is 6.18 Å². The summed E-state index contributed by atoms with van der Waals surface area (Å²) >= 11 is 1.56. The van der Waals surface area contributed by atoms with Gasteiger partial charge in [-0.1, -0.05) is 51.1 Å². The minimum atomic E-state index is -4.33. The lowest BCUT2D eigenvalue weighted by Gasteiger charge is -2.20. The van der Waals surface area contributed by atoms with Crippen LogP contribution in [0.3, 0.4) is 0 Å². The molecular weight excluding hydrogens is 345 g/mol. The molecular formula is C19H21F3N2S. The van der Waals surface area contributed by atoms with Crippen LogP contribution in [0.2, 0.25) is 0 Å². The van der Waals surface area contributed by atoms with Crippen LogP contribution in [0.15, 0.2) is 53.6 Å². The predicted octanol–water partition coefficient (Wildman–Crippen LogP) is 6.51. The summed E-state index contributed by atoms with van der Waals surface area (Å²) in [7, 11) is 0. The molecule has 6 heteroatoms. The van der Waals surface area contributed by atoms with Crippen LogP contribution >= 0.6 is 11.8 Å². The summed E-state index contributed by atoms with van der Waals surface area (Å²) in [6.45, 7) is 6.23. The first-order valence-corrected chi connectivity index (χ1v) is 9.00. The van der Waals surface area contributed by atoms with E-state index in [1.54, 1.807) is 11.8 Å². The number of halogens is 3. The SMILES string of the molecule is CS/C(=N/Nc1ccccc1-c1ccc(C(F)(F)F)cc1)C(C)(C)C. The second-order valence-electron chi connectivity index (χ2n) is 6.60. The molecule has 0 saturated carbocycles. The van der Waals surface area contributed by atoms with E-state index >= 15 is 0 Å². The van der Waals surface area contributed by atoms with Crippen molar-refractivity contribution in [1.29, 1.82) is 0 Å². The minimum Gasteiger partial charge on any atom is -0.277 e. The molecule has 0 aromatic heterocycles. The van der Waals surface area contributed by atoms with Crippen LogP contribution < -0.4 is 5.43 Å². The summed E-state index contributed by atoms with van der Waals surface area (Å²) in [6.07, 6.45) is -2.37. The molecule has 2 rings (SSSR count). The zero-order chi connectivity index (χ0) is 18.7. The first-order valence-electron chi connectivity index (χ1n) is 7.78. The van der Waals surface area contributed by atoms with Crippen molar-refractivity contribution < 1.29 is 13.2 Å². The van der Waals surface area contributed by atoms with Gasteiger partial charge in [0.25, 0.3) is 0 Å². The maximum Gasteiger partial charge on any atom is 0.416 e. The third kappa shape index (κ3) is 5.01. The smallest absolute Gasteiger partial charge is 0.277 e. The molecule has 2 aromatic rings. The summed E-state index contributed by atoms with van der Waals surface area (Å²) in [4.78, 5) is 0. The van der Waals surface area contributed by atoms with Crippen LogP contribution in [0.25, 0.3) is 11.1 Å². The Morgan fingerprint density at radius 2 is 1.56 bits per heavy atom. The van der Waals surface area contributed by atoms with Gasteiger partial charge in [0.2, 0.25) is 0 Å². The lowest BCUT2D eigenvalue weighted by atomic mass is 9.99. The number of hydrogen-bond donors (Lipinski definition) is 1. The van der Waals surface area contributed by atoms with Gasteiger partial charge in [0.1, 0.15) is 0 Å². The van der Waals surface area contributed by atoms with Crippen molar-refractivity contribution in [1.82, 2.24) is 0 Å². The van der Waals surface area contributed by atoms with E-state index in [9.17, 15) is 13.2 Å². The Morgan fingerprint density at radius 1 is 0.960 bits per heavy atom. The number of hydrazone groups is 1. The molecule has 0 aliphatic heterocycles. The van der Waals surface area contributed by atoms with Gasteiger partial charge in [-0.25, -0.2) is 0 Å². The molecule has 0 aliphatic carbocycles. The fourth-order valence-corrected chi connectivity index (χ4v) is 3.05. The Labute approximate surface area is 150 Å². The van der Waals surface area contributed by atoms with Crippen molar-refractivity contribution >= 4 is 22.5 Å². The molecule has 0 amide bonds. The normalized spacial score (nSPS) is 13.0. The molecule has 25 heavy (non-hydrogen) atoms. The number of rotatable bonds is 3. The molecule has 0 spiro atoms. The van der Waals surface area contributed by atoms with E-state index in [1.165, 1.54) is 12.1 Å². The zero-order valence-electron chi connectivity index (χ0n) is 14.6. The molecule has 2 aromatic carbocycles. The second-order valence-corrected chi connectivity index (χ2v) is 7.40. The number of hydrogen-bond acceptors (Lipinski definition) is 3. The third-order valence-electron chi connectivity index (χ3n) is 3.56. The van der Waals surface area contributed by atoms with E-state index in [1.807, 2.05) is 30.5 Å². The van der Waals surface area contributed by atoms with Gasteiger partial charge >= 0.3 is 6.18 Å². The lowest BCUT2D eigenvalue weighted by molar-refractivity contribution is -0.137. The molecule has 0 radical (unpaired) electrons. The number of anilines is 1. The average molecular weight is 366 g/mol. The molecule has 1 N–H and O–H groups in total. The Bertz CT molecular complexity index is 744. The summed E-state index contributed by atoms with van der Waals surface area (Å²) < 4.78 is 38.2. The van der Waals surface area contributed by atoms with Gasteiger partial charge in [0.15, 0.2) is 0 Å². The van der Waals surface area contributed by atoms with Crippen LogP contribution in [0, 0.1) is 5.41 Å². The molecule has 0 heterocycles. The van der Waals surface area contributed by atoms with Gasteiger partial charge in [-0.2, -0.15) is 18.3 Å². The van der Waals surface area contributed by atoms with Crippen molar-refractivity contribution in [2.24, 2.45) is 10.5 Å².